The van der Waals surface area contributed by atoms with Gasteiger partial charge in [-0.3, -0.25) is 4.68 Å². The number of nitrogens with zero attached hydrogens (tertiary/aromatic N) is 3. The van der Waals surface area contributed by atoms with Gasteiger partial charge < -0.3 is 15.6 Å². The van der Waals surface area contributed by atoms with E-state index in [-0.39, 0.29) is 0 Å². The summed E-state index contributed by atoms with van der Waals surface area (Å²) in [6.45, 7) is 4.26. The average molecular weight is 359 g/mol. The van der Waals surface area contributed by atoms with Crippen LogP contribution in [0.15, 0.2) is 41.7 Å². The number of aliphatic imine (C=N–C) groups is 1. The molecule has 7 heteroatoms. The molecule has 3 N–H and O–H groups in total. The van der Waals surface area contributed by atoms with Crippen molar-refractivity contribution < 1.29 is 0 Å². The van der Waals surface area contributed by atoms with E-state index in [1.807, 2.05) is 42.2 Å². The smallest absolute Gasteiger partial charge is 0.191 e. The minimum Gasteiger partial charge on any atom is -0.361 e. The van der Waals surface area contributed by atoms with Gasteiger partial charge in [-0.1, -0.05) is 11.6 Å². The molecule has 0 aliphatic rings. The zero-order valence-electron chi connectivity index (χ0n) is 14.5. The second kappa shape index (κ2) is 8.07. The summed E-state index contributed by atoms with van der Waals surface area (Å²) in [5.41, 5.74) is 3.42. The standard InChI is InChI=1S/C18H23ClN6/c1-3-20-18(23-12-15-7-9-24-25(15)2)21-8-6-13-11-22-17-5-4-14(19)10-16(13)17/h4-5,7,9-11,22H,3,6,8,12H2,1-2H3,(H2,20,21,23). The quantitative estimate of drug-likeness (QED) is 0.468. The molecule has 0 saturated carbocycles. The van der Waals surface area contributed by atoms with Gasteiger partial charge in [-0.15, -0.1) is 0 Å². The van der Waals surface area contributed by atoms with Crippen LogP contribution in [0.2, 0.25) is 5.02 Å². The second-order valence-electron chi connectivity index (χ2n) is 5.82. The molecule has 0 spiro atoms. The van der Waals surface area contributed by atoms with E-state index in [9.17, 15) is 0 Å². The Labute approximate surface area is 152 Å². The number of aryl methyl sites for hydroxylation is 1. The molecule has 6 nitrogen and oxygen atoms in total. The lowest BCUT2D eigenvalue weighted by Crippen LogP contribution is -2.38. The van der Waals surface area contributed by atoms with Crippen molar-refractivity contribution >= 4 is 28.5 Å². The molecule has 0 amide bonds. The summed E-state index contributed by atoms with van der Waals surface area (Å²) in [7, 11) is 1.92. The van der Waals surface area contributed by atoms with Crippen molar-refractivity contribution in [3.05, 3.63) is 52.9 Å². The highest BCUT2D eigenvalue weighted by Gasteiger charge is 2.05. The zero-order chi connectivity index (χ0) is 17.6. The van der Waals surface area contributed by atoms with Crippen LogP contribution >= 0.6 is 11.6 Å². The van der Waals surface area contributed by atoms with Gasteiger partial charge >= 0.3 is 0 Å². The molecule has 0 aliphatic heterocycles. The number of nitrogens with one attached hydrogen (secondary N) is 3. The third kappa shape index (κ3) is 4.33. The van der Waals surface area contributed by atoms with Crippen molar-refractivity contribution in [1.82, 2.24) is 25.4 Å². The molecule has 2 heterocycles. The van der Waals surface area contributed by atoms with Crippen molar-refractivity contribution in [2.24, 2.45) is 12.0 Å². The molecule has 0 unspecified atom stereocenters. The van der Waals surface area contributed by atoms with Crippen LogP contribution in [0.5, 0.6) is 0 Å². The number of hydrogen-bond acceptors (Lipinski definition) is 2. The lowest BCUT2D eigenvalue weighted by atomic mass is 10.1. The Morgan fingerprint density at radius 1 is 1.32 bits per heavy atom. The van der Waals surface area contributed by atoms with Gasteiger partial charge in [-0.2, -0.15) is 5.10 Å². The minimum atomic E-state index is 0.592. The first-order valence-corrected chi connectivity index (χ1v) is 8.79. The summed E-state index contributed by atoms with van der Waals surface area (Å²) in [5, 5.41) is 12.7. The summed E-state index contributed by atoms with van der Waals surface area (Å²) in [6.07, 6.45) is 4.71. The number of rotatable bonds is 6. The molecular weight excluding hydrogens is 336 g/mol. The third-order valence-corrected chi connectivity index (χ3v) is 4.32. The lowest BCUT2D eigenvalue weighted by molar-refractivity contribution is 0.707. The van der Waals surface area contributed by atoms with E-state index in [2.05, 4.69) is 32.6 Å². The van der Waals surface area contributed by atoms with Crippen molar-refractivity contribution in [2.45, 2.75) is 19.9 Å². The third-order valence-electron chi connectivity index (χ3n) is 4.08. The van der Waals surface area contributed by atoms with Crippen LogP contribution in [0, 0.1) is 0 Å². The fourth-order valence-corrected chi connectivity index (χ4v) is 2.90. The molecule has 0 radical (unpaired) electrons. The summed E-state index contributed by atoms with van der Waals surface area (Å²) in [6, 6.07) is 7.89. The molecule has 0 bridgehead atoms. The topological polar surface area (TPSA) is 70.0 Å². The fourth-order valence-electron chi connectivity index (χ4n) is 2.73. The monoisotopic (exact) mass is 358 g/mol. The molecule has 0 fully saturated rings. The van der Waals surface area contributed by atoms with Crippen LogP contribution in [0.3, 0.4) is 0 Å². The van der Waals surface area contributed by atoms with E-state index in [4.69, 9.17) is 11.6 Å². The average Bonchev–Trinajstić information content (AvgIpc) is 3.19. The van der Waals surface area contributed by atoms with Crippen LogP contribution in [0.4, 0.5) is 0 Å². The Kier molecular flexibility index (Phi) is 5.60. The Bertz CT molecular complexity index is 863. The second-order valence-corrected chi connectivity index (χ2v) is 6.26. The fraction of sp³-hybridized carbons (Fsp3) is 0.333. The van der Waals surface area contributed by atoms with Crippen LogP contribution < -0.4 is 10.6 Å². The zero-order valence-corrected chi connectivity index (χ0v) is 15.3. The number of aromatic amines is 1. The molecule has 132 valence electrons. The molecule has 0 aliphatic carbocycles. The molecule has 25 heavy (non-hydrogen) atoms. The van der Waals surface area contributed by atoms with Crippen LogP contribution in [0.25, 0.3) is 10.9 Å². The Hall–Kier alpha value is -2.47. The number of benzene rings is 1. The van der Waals surface area contributed by atoms with Crippen molar-refractivity contribution in [3.8, 4) is 0 Å². The van der Waals surface area contributed by atoms with E-state index in [1.54, 1.807) is 6.20 Å². The Morgan fingerprint density at radius 2 is 2.20 bits per heavy atom. The van der Waals surface area contributed by atoms with Gasteiger partial charge in [-0.25, -0.2) is 4.99 Å². The summed E-state index contributed by atoms with van der Waals surface area (Å²) in [4.78, 5) is 7.90. The first-order valence-electron chi connectivity index (χ1n) is 8.42. The van der Waals surface area contributed by atoms with Crippen molar-refractivity contribution in [2.75, 3.05) is 13.1 Å². The minimum absolute atomic E-state index is 0.592. The summed E-state index contributed by atoms with van der Waals surface area (Å²) < 4.78 is 1.84. The molecular formula is C18H23ClN6. The van der Waals surface area contributed by atoms with Crippen LogP contribution in [-0.4, -0.2) is 33.8 Å². The van der Waals surface area contributed by atoms with Gasteiger partial charge in [0.1, 0.15) is 0 Å². The molecule has 3 rings (SSSR count). The number of H-pyrrole nitrogens is 1. The van der Waals surface area contributed by atoms with E-state index in [0.29, 0.717) is 6.54 Å². The predicted octanol–water partition coefficient (Wildman–Crippen LogP) is 2.85. The molecule has 0 saturated heterocycles. The van der Waals surface area contributed by atoms with Gasteiger partial charge in [0, 0.05) is 48.5 Å². The normalized spacial score (nSPS) is 11.9. The number of hydrogen-bond donors (Lipinski definition) is 3. The van der Waals surface area contributed by atoms with Crippen LogP contribution in [-0.2, 0) is 20.0 Å². The van der Waals surface area contributed by atoms with Crippen molar-refractivity contribution in [1.29, 1.82) is 0 Å². The van der Waals surface area contributed by atoms with E-state index < -0.39 is 0 Å². The van der Waals surface area contributed by atoms with Crippen LogP contribution in [0.1, 0.15) is 18.2 Å². The number of aromatic nitrogens is 3. The van der Waals surface area contributed by atoms with Gasteiger partial charge in [0.2, 0.25) is 0 Å². The maximum Gasteiger partial charge on any atom is 0.191 e. The van der Waals surface area contributed by atoms with Gasteiger partial charge in [0.25, 0.3) is 0 Å². The lowest BCUT2D eigenvalue weighted by Gasteiger charge is -2.11. The maximum atomic E-state index is 6.11. The summed E-state index contributed by atoms with van der Waals surface area (Å²) >= 11 is 6.11. The highest BCUT2D eigenvalue weighted by molar-refractivity contribution is 6.31. The molecule has 2 aromatic heterocycles. The van der Waals surface area contributed by atoms with E-state index in [0.717, 1.165) is 41.7 Å². The van der Waals surface area contributed by atoms with Gasteiger partial charge in [0.05, 0.1) is 12.2 Å². The van der Waals surface area contributed by atoms with Gasteiger partial charge in [-0.05, 0) is 43.2 Å². The van der Waals surface area contributed by atoms with E-state index in [1.165, 1.54) is 10.9 Å². The highest BCUT2D eigenvalue weighted by Crippen LogP contribution is 2.22. The van der Waals surface area contributed by atoms with E-state index >= 15 is 0 Å². The number of halogens is 1. The first kappa shape index (κ1) is 17.4. The highest BCUT2D eigenvalue weighted by atomic mass is 35.5. The number of guanidine groups is 1. The first-order chi connectivity index (χ1) is 12.2. The maximum absolute atomic E-state index is 6.11. The summed E-state index contributed by atoms with van der Waals surface area (Å²) in [5.74, 6) is 0.807. The SMILES string of the molecule is CCNC(=NCc1ccnn1C)NCCc1c[nH]c2ccc(Cl)cc12. The predicted molar refractivity (Wildman–Crippen MR) is 103 cm³/mol. The Balaban J connectivity index is 1.61. The largest absolute Gasteiger partial charge is 0.361 e. The Morgan fingerprint density at radius 3 is 2.96 bits per heavy atom. The van der Waals surface area contributed by atoms with Gasteiger partial charge in [0.15, 0.2) is 5.96 Å². The molecule has 0 atom stereocenters. The van der Waals surface area contributed by atoms with Crippen molar-refractivity contribution in [3.63, 3.8) is 0 Å². The molecule has 1 aromatic carbocycles. The number of fused-ring (bicyclic) bond motifs is 1. The molecule has 3 aromatic rings.